The third kappa shape index (κ3) is 4.06. The van der Waals surface area contributed by atoms with Crippen LogP contribution in [-0.2, 0) is 26.1 Å². The van der Waals surface area contributed by atoms with Crippen LogP contribution in [0.5, 0.6) is 5.75 Å². The molecule has 1 atom stereocenters. The van der Waals surface area contributed by atoms with Crippen LogP contribution in [0.15, 0.2) is 12.1 Å². The highest BCUT2D eigenvalue weighted by molar-refractivity contribution is 7.83. The number of benzene rings is 1. The molecule has 0 saturated carbocycles. The highest BCUT2D eigenvalue weighted by Crippen LogP contribution is 2.31. The average Bonchev–Trinajstić information content (AvgIpc) is 2.38. The van der Waals surface area contributed by atoms with Crippen molar-refractivity contribution >= 4 is 28.4 Å². The number of anilines is 1. The van der Waals surface area contributed by atoms with Gasteiger partial charge in [0.05, 0.1) is 31.2 Å². The number of nitrogens with one attached hydrogen (secondary N) is 1. The Hall–Kier alpha value is -1.89. The Morgan fingerprint density at radius 2 is 1.95 bits per heavy atom. The van der Waals surface area contributed by atoms with E-state index in [1.165, 1.54) is 33.5 Å². The maximum Gasteiger partial charge on any atom is 0.337 e. The van der Waals surface area contributed by atoms with Gasteiger partial charge in [-0.15, -0.1) is 0 Å². The van der Waals surface area contributed by atoms with Crippen molar-refractivity contribution in [2.75, 3.05) is 25.8 Å². The molecule has 0 radical (unpaired) electrons. The molecule has 0 fully saturated rings. The van der Waals surface area contributed by atoms with Gasteiger partial charge in [-0.1, -0.05) is 0 Å². The van der Waals surface area contributed by atoms with Crippen molar-refractivity contribution in [1.82, 2.24) is 0 Å². The van der Waals surface area contributed by atoms with Crippen molar-refractivity contribution < 1.29 is 23.3 Å². The maximum absolute atomic E-state index is 11.6. The van der Waals surface area contributed by atoms with Gasteiger partial charge in [-0.3, -0.25) is 9.00 Å². The molecule has 7 heteroatoms. The minimum atomic E-state index is -1.13. The molecule has 0 aliphatic heterocycles. The minimum Gasteiger partial charge on any atom is -0.495 e. The summed E-state index contributed by atoms with van der Waals surface area (Å²) in [5.74, 6) is -0.293. The van der Waals surface area contributed by atoms with Crippen LogP contribution in [0.3, 0.4) is 0 Å². The van der Waals surface area contributed by atoms with Gasteiger partial charge in [0.1, 0.15) is 5.75 Å². The number of carbonyl (C=O) groups excluding carboxylic acids is 2. The van der Waals surface area contributed by atoms with E-state index in [4.69, 9.17) is 4.74 Å². The fourth-order valence-corrected chi connectivity index (χ4v) is 2.39. The third-order valence-electron chi connectivity index (χ3n) is 2.48. The second-order valence-corrected chi connectivity index (χ2v) is 5.54. The topological polar surface area (TPSA) is 81.7 Å². The van der Waals surface area contributed by atoms with Crippen molar-refractivity contribution in [2.45, 2.75) is 12.7 Å². The molecule has 110 valence electrons. The van der Waals surface area contributed by atoms with Crippen LogP contribution in [0.2, 0.25) is 0 Å². The predicted molar refractivity (Wildman–Crippen MR) is 76.4 cm³/mol. The third-order valence-corrected chi connectivity index (χ3v) is 3.20. The van der Waals surface area contributed by atoms with E-state index in [9.17, 15) is 13.8 Å². The van der Waals surface area contributed by atoms with E-state index in [1.807, 2.05) is 0 Å². The van der Waals surface area contributed by atoms with Gasteiger partial charge >= 0.3 is 5.97 Å². The molecule has 0 spiro atoms. The Bertz CT molecular complexity index is 556. The number of methoxy groups -OCH3 is 2. The molecule has 0 aliphatic carbocycles. The molecule has 20 heavy (non-hydrogen) atoms. The van der Waals surface area contributed by atoms with Crippen molar-refractivity contribution in [3.63, 3.8) is 0 Å². The molecule has 6 nitrogen and oxygen atoms in total. The molecule has 0 heterocycles. The number of carbonyl (C=O) groups is 2. The first kappa shape index (κ1) is 16.2. The van der Waals surface area contributed by atoms with Gasteiger partial charge in [0.25, 0.3) is 0 Å². The SMILES string of the molecule is COC(=O)c1cc(CS(C)=O)c(NC(C)=O)c(OC)c1. The van der Waals surface area contributed by atoms with E-state index >= 15 is 0 Å². The summed E-state index contributed by atoms with van der Waals surface area (Å²) < 4.78 is 21.3. The van der Waals surface area contributed by atoms with Gasteiger partial charge in [-0.05, 0) is 17.7 Å². The van der Waals surface area contributed by atoms with E-state index < -0.39 is 16.8 Å². The highest BCUT2D eigenvalue weighted by atomic mass is 32.2. The largest absolute Gasteiger partial charge is 0.495 e. The lowest BCUT2D eigenvalue weighted by Gasteiger charge is -2.15. The quantitative estimate of drug-likeness (QED) is 0.829. The zero-order valence-corrected chi connectivity index (χ0v) is 12.6. The van der Waals surface area contributed by atoms with Crippen molar-refractivity contribution in [3.05, 3.63) is 23.3 Å². The monoisotopic (exact) mass is 299 g/mol. The lowest BCUT2D eigenvalue weighted by Crippen LogP contribution is -2.12. The molecule has 0 bridgehead atoms. The zero-order valence-electron chi connectivity index (χ0n) is 11.8. The number of hydrogen-bond acceptors (Lipinski definition) is 5. The van der Waals surface area contributed by atoms with Crippen LogP contribution in [-0.4, -0.2) is 36.6 Å². The summed E-state index contributed by atoms with van der Waals surface area (Å²) in [6, 6.07) is 3.01. The van der Waals surface area contributed by atoms with E-state index in [2.05, 4.69) is 10.1 Å². The number of hydrogen-bond donors (Lipinski definition) is 1. The molecule has 1 N–H and O–H groups in total. The van der Waals surface area contributed by atoms with Crippen LogP contribution in [0.1, 0.15) is 22.8 Å². The minimum absolute atomic E-state index is 0.191. The lowest BCUT2D eigenvalue weighted by molar-refractivity contribution is -0.114. The van der Waals surface area contributed by atoms with Crippen LogP contribution in [0, 0.1) is 0 Å². The van der Waals surface area contributed by atoms with E-state index in [-0.39, 0.29) is 17.2 Å². The lowest BCUT2D eigenvalue weighted by atomic mass is 10.1. The summed E-state index contributed by atoms with van der Waals surface area (Å²) >= 11 is 0. The Kier molecular flexibility index (Phi) is 5.69. The van der Waals surface area contributed by atoms with Gasteiger partial charge < -0.3 is 14.8 Å². The first-order valence-electron chi connectivity index (χ1n) is 5.75. The molecule has 1 amide bonds. The van der Waals surface area contributed by atoms with Crippen LogP contribution in [0.4, 0.5) is 5.69 Å². The number of amides is 1. The van der Waals surface area contributed by atoms with Crippen LogP contribution in [0.25, 0.3) is 0 Å². The molecule has 1 aromatic rings. The molecule has 1 rings (SSSR count). The summed E-state index contributed by atoms with van der Waals surface area (Å²) in [4.78, 5) is 22.9. The first-order chi connectivity index (χ1) is 9.38. The molecule has 1 unspecified atom stereocenters. The zero-order chi connectivity index (χ0) is 15.3. The Labute approximate surface area is 119 Å². The maximum atomic E-state index is 11.6. The van der Waals surface area contributed by atoms with Gasteiger partial charge in [-0.2, -0.15) is 0 Å². The molecule has 0 saturated heterocycles. The van der Waals surface area contributed by atoms with Crippen molar-refractivity contribution in [1.29, 1.82) is 0 Å². The second kappa shape index (κ2) is 7.04. The molecular formula is C13H17NO5S. The summed E-state index contributed by atoms with van der Waals surface area (Å²) in [5.41, 5.74) is 1.25. The molecule has 1 aromatic carbocycles. The van der Waals surface area contributed by atoms with Crippen LogP contribution < -0.4 is 10.1 Å². The number of ether oxygens (including phenoxy) is 2. The Morgan fingerprint density at radius 1 is 1.30 bits per heavy atom. The predicted octanol–water partition coefficient (Wildman–Crippen LogP) is 1.32. The number of esters is 1. The summed E-state index contributed by atoms with van der Waals surface area (Å²) in [7, 11) is 1.56. The fraction of sp³-hybridized carbons (Fsp3) is 0.385. The van der Waals surface area contributed by atoms with E-state index in [0.29, 0.717) is 17.0 Å². The van der Waals surface area contributed by atoms with Gasteiger partial charge in [0.2, 0.25) is 5.91 Å². The number of rotatable bonds is 5. The summed E-state index contributed by atoms with van der Waals surface area (Å²) in [5, 5.41) is 2.63. The first-order valence-corrected chi connectivity index (χ1v) is 7.48. The normalized spacial score (nSPS) is 11.6. The second-order valence-electron chi connectivity index (χ2n) is 4.10. The fourth-order valence-electron chi connectivity index (χ4n) is 1.72. The van der Waals surface area contributed by atoms with Crippen LogP contribution >= 0.6 is 0 Å². The average molecular weight is 299 g/mol. The summed E-state index contributed by atoms with van der Waals surface area (Å²) in [6.07, 6.45) is 1.54. The Balaban J connectivity index is 3.41. The Morgan fingerprint density at radius 3 is 2.40 bits per heavy atom. The molecule has 0 aliphatic rings. The van der Waals surface area contributed by atoms with E-state index in [0.717, 1.165) is 0 Å². The van der Waals surface area contributed by atoms with Gasteiger partial charge in [0, 0.05) is 24.0 Å². The summed E-state index contributed by atoms with van der Waals surface area (Å²) in [6.45, 7) is 1.36. The van der Waals surface area contributed by atoms with Gasteiger partial charge in [0.15, 0.2) is 0 Å². The smallest absolute Gasteiger partial charge is 0.337 e. The molecular weight excluding hydrogens is 282 g/mol. The highest BCUT2D eigenvalue weighted by Gasteiger charge is 2.17. The molecule has 0 aromatic heterocycles. The van der Waals surface area contributed by atoms with Crippen molar-refractivity contribution in [2.24, 2.45) is 0 Å². The van der Waals surface area contributed by atoms with Crippen molar-refractivity contribution in [3.8, 4) is 5.75 Å². The van der Waals surface area contributed by atoms with Gasteiger partial charge in [-0.25, -0.2) is 4.79 Å². The van der Waals surface area contributed by atoms with E-state index in [1.54, 1.807) is 6.07 Å². The standard InChI is InChI=1S/C13H17NO5S/c1-8(15)14-12-10(7-20(4)17)5-9(13(16)19-3)6-11(12)18-2/h5-6H,7H2,1-4H3,(H,14,15).